The third kappa shape index (κ3) is 4.59. The summed E-state index contributed by atoms with van der Waals surface area (Å²) in [6.45, 7) is 2.08. The maximum Gasteiger partial charge on any atom is 0.200 e. The van der Waals surface area contributed by atoms with Crippen LogP contribution in [-0.4, -0.2) is 47.3 Å². The molecular formula is C25H28FNO6. The van der Waals surface area contributed by atoms with Crippen LogP contribution in [0.15, 0.2) is 47.4 Å². The van der Waals surface area contributed by atoms with E-state index in [9.17, 15) is 15.0 Å². The molecule has 1 aliphatic heterocycles. The summed E-state index contributed by atoms with van der Waals surface area (Å²) in [5.74, 6) is 0.319. The van der Waals surface area contributed by atoms with Crippen LogP contribution >= 0.6 is 0 Å². The molecule has 0 spiro atoms. The van der Waals surface area contributed by atoms with Gasteiger partial charge in [-0.3, -0.25) is 4.79 Å². The molecule has 2 N–H and O–H groups in total. The summed E-state index contributed by atoms with van der Waals surface area (Å²) < 4.78 is 33.8. The number of rotatable bonds is 7. The van der Waals surface area contributed by atoms with Crippen molar-refractivity contribution in [1.82, 2.24) is 4.57 Å². The van der Waals surface area contributed by atoms with Crippen molar-refractivity contribution in [3.05, 3.63) is 58.6 Å². The molecule has 2 heterocycles. The molecule has 7 nitrogen and oxygen atoms in total. The number of fused-ring (bicyclic) bond motifs is 1. The van der Waals surface area contributed by atoms with E-state index in [-0.39, 0.29) is 29.5 Å². The third-order valence-corrected chi connectivity index (χ3v) is 5.82. The summed E-state index contributed by atoms with van der Waals surface area (Å²) in [4.78, 5) is 13.5. The summed E-state index contributed by atoms with van der Waals surface area (Å²) in [6, 6.07) is 9.64. The molecule has 0 amide bonds. The number of nitrogens with zero attached hydrogens (tertiary/aromatic N) is 1. The molecule has 0 saturated carbocycles. The van der Waals surface area contributed by atoms with Gasteiger partial charge in [0.15, 0.2) is 5.43 Å². The molecule has 3 aromatic rings. The number of aromatic nitrogens is 1. The van der Waals surface area contributed by atoms with Gasteiger partial charge in [-0.1, -0.05) is 19.1 Å². The van der Waals surface area contributed by atoms with Crippen LogP contribution in [0.2, 0.25) is 0 Å². The number of aliphatic hydroxyl groups excluding tert-OH is 2. The lowest BCUT2D eigenvalue weighted by atomic mass is 10.0. The Morgan fingerprint density at radius 1 is 1.18 bits per heavy atom. The van der Waals surface area contributed by atoms with Gasteiger partial charge < -0.3 is 29.0 Å². The largest absolute Gasteiger partial charge is 0.497 e. The monoisotopic (exact) mass is 457 g/mol. The van der Waals surface area contributed by atoms with E-state index in [2.05, 4.69) is 0 Å². The molecule has 1 aromatic heterocycles. The first kappa shape index (κ1) is 23.2. The summed E-state index contributed by atoms with van der Waals surface area (Å²) in [5, 5.41) is 19.9. The van der Waals surface area contributed by atoms with Gasteiger partial charge in [0.05, 0.1) is 43.4 Å². The van der Waals surface area contributed by atoms with Crippen LogP contribution in [-0.2, 0) is 4.74 Å². The van der Waals surface area contributed by atoms with Crippen LogP contribution in [0.4, 0.5) is 4.39 Å². The predicted octanol–water partition coefficient (Wildman–Crippen LogP) is 3.64. The van der Waals surface area contributed by atoms with Crippen LogP contribution in [0.25, 0.3) is 22.0 Å². The fraction of sp³-hybridized carbons (Fsp3) is 0.400. The van der Waals surface area contributed by atoms with Gasteiger partial charge in [-0.05, 0) is 36.2 Å². The van der Waals surface area contributed by atoms with E-state index >= 15 is 4.39 Å². The first-order valence-electron chi connectivity index (χ1n) is 11.1. The number of aliphatic hydroxyl groups is 2. The molecule has 3 atom stereocenters. The van der Waals surface area contributed by atoms with Gasteiger partial charge in [0, 0.05) is 24.6 Å². The lowest BCUT2D eigenvalue weighted by Crippen LogP contribution is -2.36. The first-order chi connectivity index (χ1) is 16.0. The van der Waals surface area contributed by atoms with Gasteiger partial charge in [0.1, 0.15) is 23.5 Å². The summed E-state index contributed by atoms with van der Waals surface area (Å²) in [7, 11) is 1.55. The Hall–Kier alpha value is -2.94. The second-order valence-corrected chi connectivity index (χ2v) is 8.15. The lowest BCUT2D eigenvalue weighted by molar-refractivity contribution is -0.140. The molecule has 33 heavy (non-hydrogen) atoms. The van der Waals surface area contributed by atoms with E-state index in [1.165, 1.54) is 12.1 Å². The van der Waals surface area contributed by atoms with Crippen molar-refractivity contribution < 1.29 is 28.8 Å². The van der Waals surface area contributed by atoms with Gasteiger partial charge in [-0.25, -0.2) is 4.39 Å². The molecule has 4 rings (SSSR count). The fourth-order valence-electron chi connectivity index (χ4n) is 4.21. The van der Waals surface area contributed by atoms with Gasteiger partial charge >= 0.3 is 0 Å². The number of benzene rings is 2. The van der Waals surface area contributed by atoms with Crippen molar-refractivity contribution in [1.29, 1.82) is 0 Å². The second kappa shape index (κ2) is 9.91. The van der Waals surface area contributed by atoms with Crippen LogP contribution < -0.4 is 14.9 Å². The Morgan fingerprint density at radius 2 is 1.94 bits per heavy atom. The number of hydrogen-bond acceptors (Lipinski definition) is 6. The van der Waals surface area contributed by atoms with Gasteiger partial charge in [-0.2, -0.15) is 0 Å². The van der Waals surface area contributed by atoms with E-state index in [0.29, 0.717) is 30.1 Å². The lowest BCUT2D eigenvalue weighted by Gasteiger charge is -2.35. The zero-order valence-corrected chi connectivity index (χ0v) is 18.7. The molecule has 1 saturated heterocycles. The molecule has 0 bridgehead atoms. The Bertz CT molecular complexity index is 1180. The Morgan fingerprint density at radius 3 is 2.61 bits per heavy atom. The normalized spacial score (nSPS) is 20.7. The second-order valence-electron chi connectivity index (χ2n) is 8.15. The molecule has 176 valence electrons. The highest BCUT2D eigenvalue weighted by Gasteiger charge is 2.31. The van der Waals surface area contributed by atoms with E-state index < -0.39 is 29.7 Å². The summed E-state index contributed by atoms with van der Waals surface area (Å²) >= 11 is 0. The molecule has 0 aliphatic carbocycles. The van der Waals surface area contributed by atoms with E-state index in [1.54, 1.807) is 42.1 Å². The minimum absolute atomic E-state index is 0.110. The van der Waals surface area contributed by atoms with Crippen LogP contribution in [0.1, 0.15) is 32.4 Å². The van der Waals surface area contributed by atoms with Crippen LogP contribution in [0.3, 0.4) is 0 Å². The van der Waals surface area contributed by atoms with Gasteiger partial charge in [0.2, 0.25) is 0 Å². The van der Waals surface area contributed by atoms with Crippen LogP contribution in [0, 0.1) is 5.82 Å². The molecule has 1 aliphatic rings. The average molecular weight is 457 g/mol. The highest BCUT2D eigenvalue weighted by molar-refractivity contribution is 5.89. The predicted molar refractivity (Wildman–Crippen MR) is 122 cm³/mol. The minimum Gasteiger partial charge on any atom is -0.497 e. The van der Waals surface area contributed by atoms with Crippen molar-refractivity contribution in [3.63, 3.8) is 0 Å². The number of ether oxygens (including phenoxy) is 3. The number of pyridine rings is 1. The van der Waals surface area contributed by atoms with E-state index in [4.69, 9.17) is 14.2 Å². The zero-order valence-electron chi connectivity index (χ0n) is 18.7. The van der Waals surface area contributed by atoms with Crippen molar-refractivity contribution in [3.8, 4) is 22.6 Å². The maximum atomic E-state index is 15.1. The quantitative estimate of drug-likeness (QED) is 0.563. The maximum absolute atomic E-state index is 15.1. The Labute approximate surface area is 190 Å². The van der Waals surface area contributed by atoms with Crippen molar-refractivity contribution in [2.45, 2.75) is 44.6 Å². The molecule has 8 heteroatoms. The number of hydrogen-bond donors (Lipinski definition) is 2. The van der Waals surface area contributed by atoms with Crippen molar-refractivity contribution in [2.75, 3.05) is 20.3 Å². The molecule has 1 fully saturated rings. The third-order valence-electron chi connectivity index (χ3n) is 5.82. The molecular weight excluding hydrogens is 429 g/mol. The van der Waals surface area contributed by atoms with E-state index in [0.717, 1.165) is 6.42 Å². The minimum atomic E-state index is -0.725. The first-order valence-corrected chi connectivity index (χ1v) is 11.1. The Kier molecular flexibility index (Phi) is 6.97. The Balaban J connectivity index is 1.98. The van der Waals surface area contributed by atoms with Gasteiger partial charge in [0.25, 0.3) is 0 Å². The highest BCUT2D eigenvalue weighted by atomic mass is 19.1. The summed E-state index contributed by atoms with van der Waals surface area (Å²) in [5.41, 5.74) is 0.661. The summed E-state index contributed by atoms with van der Waals surface area (Å²) in [6.07, 6.45) is 0.848. The van der Waals surface area contributed by atoms with E-state index in [1.807, 2.05) is 6.92 Å². The zero-order chi connectivity index (χ0) is 23.5. The number of halogens is 1. The highest BCUT2D eigenvalue weighted by Crippen LogP contribution is 2.35. The van der Waals surface area contributed by atoms with Crippen molar-refractivity contribution >= 4 is 10.9 Å². The average Bonchev–Trinajstić information content (AvgIpc) is 2.83. The smallest absolute Gasteiger partial charge is 0.200 e. The molecule has 2 aromatic carbocycles. The van der Waals surface area contributed by atoms with Crippen molar-refractivity contribution in [2.24, 2.45) is 0 Å². The molecule has 3 unspecified atom stereocenters. The number of methoxy groups -OCH3 is 1. The van der Waals surface area contributed by atoms with Gasteiger partial charge in [-0.15, -0.1) is 0 Å². The standard InChI is InChI=1S/C25H28FNO6/c1-3-10-32-21-9-8-20(26)23-24(21)27(22-12-16(29)11-18(14-28)33-22)13-19(25(23)30)15-4-6-17(31-2)7-5-15/h4-9,13,16,18,22,28-29H,3,10-12,14H2,1-2H3. The molecule has 0 radical (unpaired) electrons. The topological polar surface area (TPSA) is 90.2 Å². The van der Waals surface area contributed by atoms with Crippen LogP contribution in [0.5, 0.6) is 11.5 Å². The SMILES string of the molecule is CCCOc1ccc(F)c2c(=O)c(-c3ccc(OC)cc3)cn(C3CC(O)CC(CO)O3)c12. The fourth-order valence-corrected chi connectivity index (χ4v) is 4.21.